The molecule has 0 saturated heterocycles. The van der Waals surface area contributed by atoms with E-state index < -0.39 is 0 Å². The summed E-state index contributed by atoms with van der Waals surface area (Å²) >= 11 is 5.69. The van der Waals surface area contributed by atoms with Gasteiger partial charge in [0.05, 0.1) is 0 Å². The molecule has 1 saturated carbocycles. The molecule has 20 heavy (non-hydrogen) atoms. The molecule has 1 N–H and O–H groups in total. The summed E-state index contributed by atoms with van der Waals surface area (Å²) in [4.78, 5) is 2.91. The van der Waals surface area contributed by atoms with Gasteiger partial charge in [0.2, 0.25) is 0 Å². The molecular weight excluding hydrogens is 330 g/mol. The van der Waals surface area contributed by atoms with Crippen LogP contribution in [0.15, 0.2) is 10.5 Å². The van der Waals surface area contributed by atoms with Gasteiger partial charge in [0.25, 0.3) is 0 Å². The number of unbranched alkanes of at least 4 members (excludes halogenated alkanes) is 1. The second kappa shape index (κ2) is 7.95. The molecule has 1 aromatic rings. The molecule has 0 bridgehead atoms. The van der Waals surface area contributed by atoms with Gasteiger partial charge in [-0.1, -0.05) is 39.0 Å². The molecule has 1 nitrogen and oxygen atoms in total. The van der Waals surface area contributed by atoms with Gasteiger partial charge in [-0.2, -0.15) is 0 Å². The molecule has 1 aliphatic carbocycles. The maximum absolute atomic E-state index is 3.74. The average molecular weight is 358 g/mol. The second-order valence-corrected chi connectivity index (χ2v) is 8.40. The molecule has 0 aliphatic heterocycles. The molecular formula is C17H28BrNS. The van der Waals surface area contributed by atoms with Gasteiger partial charge in [0, 0.05) is 20.3 Å². The fraction of sp³-hybridized carbons (Fsp3) is 0.765. The third-order valence-electron chi connectivity index (χ3n) is 4.76. The molecule has 1 atom stereocenters. The highest BCUT2D eigenvalue weighted by atomic mass is 79.9. The summed E-state index contributed by atoms with van der Waals surface area (Å²) in [5, 5.41) is 3.58. The van der Waals surface area contributed by atoms with E-state index in [1.54, 1.807) is 0 Å². The van der Waals surface area contributed by atoms with Gasteiger partial charge in [-0.15, -0.1) is 11.3 Å². The lowest BCUT2D eigenvalue weighted by Gasteiger charge is -2.33. The van der Waals surface area contributed by atoms with Gasteiger partial charge in [0.15, 0.2) is 0 Å². The molecule has 1 heterocycles. The van der Waals surface area contributed by atoms with Crippen LogP contribution in [0.3, 0.4) is 0 Å². The van der Waals surface area contributed by atoms with E-state index in [1.165, 1.54) is 59.2 Å². The zero-order valence-electron chi connectivity index (χ0n) is 13.0. The highest BCUT2D eigenvalue weighted by Crippen LogP contribution is 2.42. The Morgan fingerprint density at radius 1 is 1.35 bits per heavy atom. The van der Waals surface area contributed by atoms with Gasteiger partial charge in [-0.25, -0.2) is 0 Å². The van der Waals surface area contributed by atoms with E-state index in [0.29, 0.717) is 6.04 Å². The maximum Gasteiger partial charge on any atom is 0.0452 e. The normalized spacial score (nSPS) is 24.8. The Kier molecular flexibility index (Phi) is 6.57. The van der Waals surface area contributed by atoms with Crippen molar-refractivity contribution < 1.29 is 0 Å². The second-order valence-electron chi connectivity index (χ2n) is 6.26. The highest BCUT2D eigenvalue weighted by molar-refractivity contribution is 9.10. The van der Waals surface area contributed by atoms with Gasteiger partial charge in [-0.3, -0.25) is 0 Å². The summed E-state index contributed by atoms with van der Waals surface area (Å²) in [6.07, 6.45) is 9.87. The monoisotopic (exact) mass is 357 g/mol. The molecule has 114 valence electrons. The first-order chi connectivity index (χ1) is 9.65. The summed E-state index contributed by atoms with van der Waals surface area (Å²) in [7, 11) is 2.12. The predicted octanol–water partition coefficient (Wildman–Crippen LogP) is 6.08. The fourth-order valence-electron chi connectivity index (χ4n) is 3.60. The van der Waals surface area contributed by atoms with Gasteiger partial charge in [0.1, 0.15) is 0 Å². The van der Waals surface area contributed by atoms with Crippen LogP contribution in [0.4, 0.5) is 0 Å². The minimum Gasteiger partial charge on any atom is -0.312 e. The number of hydrogen-bond donors (Lipinski definition) is 1. The van der Waals surface area contributed by atoms with Crippen LogP contribution in [-0.2, 0) is 0 Å². The molecule has 0 amide bonds. The lowest BCUT2D eigenvalue weighted by Crippen LogP contribution is -2.28. The van der Waals surface area contributed by atoms with Crippen molar-refractivity contribution in [1.82, 2.24) is 5.32 Å². The SMILES string of the molecule is CCCCC1CCC(C(NC)c2sc(C)cc2Br)CC1. The van der Waals surface area contributed by atoms with Crippen molar-refractivity contribution in [3.05, 3.63) is 20.3 Å². The summed E-state index contributed by atoms with van der Waals surface area (Å²) in [6, 6.07) is 2.80. The standard InChI is InChI=1S/C17H28BrNS/c1-4-5-6-13-7-9-14(10-8-13)16(19-3)17-15(18)11-12(2)20-17/h11,13-14,16,19H,4-10H2,1-3H3. The first-order valence-corrected chi connectivity index (χ1v) is 9.69. The quantitative estimate of drug-likeness (QED) is 0.650. The fourth-order valence-corrected chi connectivity index (χ4v) is 5.70. The number of hydrogen-bond acceptors (Lipinski definition) is 2. The minimum absolute atomic E-state index is 0.537. The lowest BCUT2D eigenvalue weighted by molar-refractivity contribution is 0.219. The van der Waals surface area contributed by atoms with Crippen molar-refractivity contribution in [2.24, 2.45) is 11.8 Å². The Morgan fingerprint density at radius 2 is 2.05 bits per heavy atom. The first kappa shape index (κ1) is 16.5. The van der Waals surface area contributed by atoms with Crippen molar-refractivity contribution >= 4 is 27.3 Å². The molecule has 0 radical (unpaired) electrons. The van der Waals surface area contributed by atoms with Crippen molar-refractivity contribution in [2.75, 3.05) is 7.05 Å². The third-order valence-corrected chi connectivity index (χ3v) is 6.81. The molecule has 0 aromatic carbocycles. The van der Waals surface area contributed by atoms with Gasteiger partial charge < -0.3 is 5.32 Å². The Labute approximate surface area is 136 Å². The van der Waals surface area contributed by atoms with E-state index in [9.17, 15) is 0 Å². The third kappa shape index (κ3) is 4.08. The molecule has 0 spiro atoms. The van der Waals surface area contributed by atoms with Gasteiger partial charge in [-0.05, 0) is 60.6 Å². The van der Waals surface area contributed by atoms with Crippen LogP contribution in [0.25, 0.3) is 0 Å². The van der Waals surface area contributed by atoms with Crippen LogP contribution in [0.2, 0.25) is 0 Å². The van der Waals surface area contributed by atoms with Crippen molar-refractivity contribution in [2.45, 2.75) is 64.8 Å². The van der Waals surface area contributed by atoms with Gasteiger partial charge >= 0.3 is 0 Å². The number of nitrogens with one attached hydrogen (secondary N) is 1. The van der Waals surface area contributed by atoms with E-state index in [4.69, 9.17) is 0 Å². The van der Waals surface area contributed by atoms with E-state index in [2.05, 4.69) is 48.2 Å². The van der Waals surface area contributed by atoms with Crippen molar-refractivity contribution in [3.8, 4) is 0 Å². The summed E-state index contributed by atoms with van der Waals surface area (Å²) in [5.41, 5.74) is 0. The van der Waals surface area contributed by atoms with E-state index in [-0.39, 0.29) is 0 Å². The molecule has 1 aromatic heterocycles. The topological polar surface area (TPSA) is 12.0 Å². The first-order valence-electron chi connectivity index (χ1n) is 8.08. The summed E-state index contributed by atoms with van der Waals surface area (Å²) in [5.74, 6) is 1.81. The van der Waals surface area contributed by atoms with Crippen molar-refractivity contribution in [1.29, 1.82) is 0 Å². The van der Waals surface area contributed by atoms with Crippen LogP contribution >= 0.6 is 27.3 Å². The number of rotatable bonds is 6. The Balaban J connectivity index is 1.95. The Hall–Kier alpha value is 0.140. The zero-order valence-corrected chi connectivity index (χ0v) is 15.4. The Morgan fingerprint density at radius 3 is 2.55 bits per heavy atom. The van der Waals surface area contributed by atoms with Crippen LogP contribution in [0, 0.1) is 18.8 Å². The van der Waals surface area contributed by atoms with Crippen LogP contribution in [-0.4, -0.2) is 7.05 Å². The summed E-state index contributed by atoms with van der Waals surface area (Å²) < 4.78 is 1.30. The molecule has 1 fully saturated rings. The lowest BCUT2D eigenvalue weighted by atomic mass is 9.76. The minimum atomic E-state index is 0.537. The van der Waals surface area contributed by atoms with Crippen molar-refractivity contribution in [3.63, 3.8) is 0 Å². The molecule has 1 aliphatic rings. The highest BCUT2D eigenvalue weighted by Gasteiger charge is 2.29. The van der Waals surface area contributed by atoms with Crippen LogP contribution in [0.1, 0.15) is 67.7 Å². The number of thiophene rings is 1. The zero-order chi connectivity index (χ0) is 14.5. The Bertz CT molecular complexity index is 407. The number of halogens is 1. The number of aryl methyl sites for hydroxylation is 1. The average Bonchev–Trinajstić information content (AvgIpc) is 2.78. The summed E-state index contributed by atoms with van der Waals surface area (Å²) in [6.45, 7) is 4.51. The van der Waals surface area contributed by atoms with Crippen LogP contribution < -0.4 is 5.32 Å². The predicted molar refractivity (Wildman–Crippen MR) is 93.5 cm³/mol. The van der Waals surface area contributed by atoms with Crippen LogP contribution in [0.5, 0.6) is 0 Å². The van der Waals surface area contributed by atoms with E-state index in [0.717, 1.165) is 11.8 Å². The molecule has 2 rings (SSSR count). The van der Waals surface area contributed by atoms with E-state index in [1.807, 2.05) is 11.3 Å². The molecule has 3 heteroatoms. The smallest absolute Gasteiger partial charge is 0.0452 e. The molecule has 1 unspecified atom stereocenters. The maximum atomic E-state index is 3.74. The largest absolute Gasteiger partial charge is 0.312 e. The van der Waals surface area contributed by atoms with E-state index >= 15 is 0 Å².